The third kappa shape index (κ3) is 7.15. The van der Waals surface area contributed by atoms with E-state index in [0.29, 0.717) is 15.9 Å². The number of aromatic nitrogens is 1. The van der Waals surface area contributed by atoms with Gasteiger partial charge in [-0.15, -0.1) is 11.8 Å². The average molecular weight is 511 g/mol. The molecule has 1 aromatic heterocycles. The zero-order valence-electron chi connectivity index (χ0n) is 19.6. The summed E-state index contributed by atoms with van der Waals surface area (Å²) in [5, 5.41) is 12.3. The first kappa shape index (κ1) is 27.8. The van der Waals surface area contributed by atoms with Crippen LogP contribution in [0.1, 0.15) is 17.5 Å². The van der Waals surface area contributed by atoms with Gasteiger partial charge in [-0.2, -0.15) is 0 Å². The summed E-state index contributed by atoms with van der Waals surface area (Å²) in [6.07, 6.45) is 1.70. The Morgan fingerprint density at radius 2 is 1.89 bits per heavy atom. The van der Waals surface area contributed by atoms with Crippen LogP contribution in [-0.2, 0) is 28.2 Å². The Morgan fingerprint density at radius 1 is 1.11 bits per heavy atom. The number of thioether (sulfide) groups is 1. The van der Waals surface area contributed by atoms with E-state index in [-0.39, 0.29) is 46.3 Å². The van der Waals surface area contributed by atoms with Gasteiger partial charge in [-0.25, -0.2) is 8.78 Å². The van der Waals surface area contributed by atoms with E-state index in [2.05, 4.69) is 4.90 Å². The first-order valence-electron chi connectivity index (χ1n) is 11.1. The molecule has 1 aliphatic heterocycles. The molecule has 6 nitrogen and oxygen atoms in total. The van der Waals surface area contributed by atoms with E-state index in [1.54, 1.807) is 6.07 Å². The van der Waals surface area contributed by atoms with E-state index >= 15 is 0 Å². The molecule has 10 heteroatoms. The van der Waals surface area contributed by atoms with Crippen molar-refractivity contribution < 1.29 is 53.0 Å². The van der Waals surface area contributed by atoms with Gasteiger partial charge in [0.1, 0.15) is 0 Å². The number of carboxylic acid groups (broad SMARTS) is 1. The van der Waals surface area contributed by atoms with Crippen molar-refractivity contribution in [1.82, 2.24) is 9.47 Å². The minimum atomic E-state index is -1.30. The number of rotatable bonds is 9. The monoisotopic (exact) mass is 510 g/mol. The average Bonchev–Trinajstić information content (AvgIpc) is 2.82. The first-order chi connectivity index (χ1) is 16.4. The van der Waals surface area contributed by atoms with Crippen LogP contribution in [0, 0.1) is 11.6 Å². The summed E-state index contributed by atoms with van der Waals surface area (Å²) in [4.78, 5) is 26.6. The van der Waals surface area contributed by atoms with E-state index in [1.807, 2.05) is 12.1 Å². The van der Waals surface area contributed by atoms with Crippen molar-refractivity contribution in [2.45, 2.75) is 30.2 Å². The molecule has 4 rings (SSSR count). The van der Waals surface area contributed by atoms with Gasteiger partial charge in [-0.05, 0) is 43.1 Å². The van der Waals surface area contributed by atoms with Gasteiger partial charge in [0, 0.05) is 35.9 Å². The predicted octanol–water partition coefficient (Wildman–Crippen LogP) is -0.409. The molecule has 0 atom stereocenters. The number of hydrogen-bond donors (Lipinski definition) is 0. The van der Waals surface area contributed by atoms with Crippen LogP contribution in [0.2, 0.25) is 0 Å². The largest absolute Gasteiger partial charge is 1.00 e. The number of carbonyl (C=O) groups is 1. The molecule has 1 aliphatic rings. The summed E-state index contributed by atoms with van der Waals surface area (Å²) in [5.74, 6) is -3.17. The second-order valence-corrected chi connectivity index (χ2v) is 9.21. The van der Waals surface area contributed by atoms with Crippen LogP contribution in [0.3, 0.4) is 0 Å². The summed E-state index contributed by atoms with van der Waals surface area (Å²) in [6, 6.07) is 10.7. The molecule has 0 bridgehead atoms. The second kappa shape index (κ2) is 13.0. The van der Waals surface area contributed by atoms with Crippen LogP contribution in [0.4, 0.5) is 8.78 Å². The maximum atomic E-state index is 14.1. The van der Waals surface area contributed by atoms with Crippen molar-refractivity contribution >= 4 is 28.6 Å². The van der Waals surface area contributed by atoms with E-state index < -0.39 is 24.1 Å². The van der Waals surface area contributed by atoms with Crippen LogP contribution in [0.5, 0.6) is 0 Å². The molecule has 1 saturated heterocycles. The van der Waals surface area contributed by atoms with Gasteiger partial charge in [-0.3, -0.25) is 9.69 Å². The van der Waals surface area contributed by atoms with Gasteiger partial charge in [0.2, 0.25) is 0 Å². The predicted molar refractivity (Wildman–Crippen MR) is 125 cm³/mol. The minimum Gasteiger partial charge on any atom is -0.548 e. The van der Waals surface area contributed by atoms with Crippen molar-refractivity contribution in [2.75, 3.05) is 32.8 Å². The fourth-order valence-corrected chi connectivity index (χ4v) is 5.14. The van der Waals surface area contributed by atoms with Crippen LogP contribution in [-0.4, -0.2) is 48.3 Å². The zero-order chi connectivity index (χ0) is 24.1. The number of hydrogen-bond acceptors (Lipinski definition) is 6. The van der Waals surface area contributed by atoms with E-state index in [1.165, 1.54) is 22.8 Å². The summed E-state index contributed by atoms with van der Waals surface area (Å²) < 4.78 is 34.5. The van der Waals surface area contributed by atoms with Gasteiger partial charge < -0.3 is 19.2 Å². The summed E-state index contributed by atoms with van der Waals surface area (Å²) in [7, 11) is 0. The number of morpholine rings is 1. The molecular weight excluding hydrogens is 485 g/mol. The molecule has 2 aromatic carbocycles. The number of nitrogens with zero attached hydrogens (tertiary/aromatic N) is 2. The smallest absolute Gasteiger partial charge is 0.548 e. The Morgan fingerprint density at radius 3 is 2.63 bits per heavy atom. The number of halogens is 2. The quantitative estimate of drug-likeness (QED) is 0.288. The molecule has 0 radical (unpaired) electrons. The maximum Gasteiger partial charge on any atom is 1.00 e. The molecule has 2 heterocycles. The Kier molecular flexibility index (Phi) is 10.3. The van der Waals surface area contributed by atoms with Crippen molar-refractivity contribution in [3.8, 4) is 0 Å². The Bertz CT molecular complexity index is 1250. The minimum absolute atomic E-state index is 0. The number of carbonyl (C=O) groups excluding carboxylic acids is 1. The van der Waals surface area contributed by atoms with Crippen molar-refractivity contribution in [1.29, 1.82) is 0 Å². The van der Waals surface area contributed by atoms with E-state index in [0.717, 1.165) is 69.1 Å². The molecule has 0 saturated carbocycles. The second-order valence-electron chi connectivity index (χ2n) is 8.22. The molecule has 0 aliphatic carbocycles. The third-order valence-corrected chi connectivity index (χ3v) is 6.97. The van der Waals surface area contributed by atoms with Crippen molar-refractivity contribution in [3.05, 3.63) is 75.4 Å². The summed E-state index contributed by atoms with van der Waals surface area (Å²) >= 11 is 1.08. The summed E-state index contributed by atoms with van der Waals surface area (Å²) in [6.45, 7) is 3.78. The SMILES string of the molecule is O=C([O-])Cn1c(SCc2cccc(F)c2F)cc(=O)c2ccc(CCCN3CCOCC3)cc21.[Na+]. The Balaban J connectivity index is 0.00000342. The summed E-state index contributed by atoms with van der Waals surface area (Å²) in [5.41, 5.74) is 1.36. The number of aliphatic carboxylic acids is 1. The van der Waals surface area contributed by atoms with Gasteiger partial charge in [0.05, 0.1) is 36.3 Å². The van der Waals surface area contributed by atoms with Gasteiger partial charge in [0.15, 0.2) is 17.1 Å². The molecule has 0 spiro atoms. The van der Waals surface area contributed by atoms with Crippen LogP contribution >= 0.6 is 11.8 Å². The topological polar surface area (TPSA) is 74.6 Å². The number of fused-ring (bicyclic) bond motifs is 1. The number of ether oxygens (including phenoxy) is 1. The van der Waals surface area contributed by atoms with Gasteiger partial charge in [0.25, 0.3) is 0 Å². The fourth-order valence-electron chi connectivity index (χ4n) is 4.11. The van der Waals surface area contributed by atoms with Crippen LogP contribution in [0.15, 0.2) is 52.3 Å². The standard InChI is InChI=1S/C25H26F2N2O4S.Na/c26-20-5-1-4-18(25(20)27)16-34-23-14-22(30)19-7-6-17(13-21(19)29(23)15-24(31)32)3-2-8-28-9-11-33-12-10-28;/h1,4-7,13-14H,2-3,8-12,15-16H2,(H,31,32);/q;+1/p-1. The van der Waals surface area contributed by atoms with Gasteiger partial charge in [-0.1, -0.05) is 18.2 Å². The van der Waals surface area contributed by atoms with Gasteiger partial charge >= 0.3 is 29.6 Å². The maximum absolute atomic E-state index is 14.1. The van der Waals surface area contributed by atoms with Crippen molar-refractivity contribution in [3.63, 3.8) is 0 Å². The zero-order valence-corrected chi connectivity index (χ0v) is 22.4. The Labute approximate surface area is 228 Å². The first-order valence-corrected chi connectivity index (χ1v) is 12.1. The molecule has 3 aromatic rings. The van der Waals surface area contributed by atoms with E-state index in [9.17, 15) is 23.5 Å². The molecule has 0 amide bonds. The third-order valence-electron chi connectivity index (χ3n) is 5.88. The number of aryl methyl sites for hydroxylation is 1. The molecule has 180 valence electrons. The van der Waals surface area contributed by atoms with E-state index in [4.69, 9.17) is 4.74 Å². The molecule has 35 heavy (non-hydrogen) atoms. The molecular formula is C25H25F2N2NaO4S. The normalized spacial score (nSPS) is 14.1. The number of carboxylic acids is 1. The molecule has 0 N–H and O–H groups in total. The number of pyridine rings is 1. The number of benzene rings is 2. The molecule has 0 unspecified atom stereocenters. The van der Waals surface area contributed by atoms with Crippen molar-refractivity contribution in [2.24, 2.45) is 0 Å². The van der Waals surface area contributed by atoms with Crippen LogP contribution in [0.25, 0.3) is 10.9 Å². The molecule has 1 fully saturated rings. The Hall–Kier alpha value is -1.75. The van der Waals surface area contributed by atoms with Crippen LogP contribution < -0.4 is 40.1 Å². The fraction of sp³-hybridized carbons (Fsp3) is 0.360.